The van der Waals surface area contributed by atoms with E-state index in [0.29, 0.717) is 5.92 Å². The lowest BCUT2D eigenvalue weighted by atomic mass is 9.95. The van der Waals surface area contributed by atoms with E-state index in [9.17, 15) is 5.11 Å². The lowest BCUT2D eigenvalue weighted by molar-refractivity contribution is 0.0963. The van der Waals surface area contributed by atoms with Gasteiger partial charge in [0.1, 0.15) is 0 Å². The predicted molar refractivity (Wildman–Crippen MR) is 54.5 cm³/mol. The van der Waals surface area contributed by atoms with Crippen molar-refractivity contribution in [1.82, 2.24) is 0 Å². The van der Waals surface area contributed by atoms with Crippen LogP contribution in [0.3, 0.4) is 0 Å². The van der Waals surface area contributed by atoms with Crippen molar-refractivity contribution in [2.24, 2.45) is 17.8 Å². The van der Waals surface area contributed by atoms with Crippen LogP contribution in [0.1, 0.15) is 51.9 Å². The van der Waals surface area contributed by atoms with E-state index in [4.69, 9.17) is 0 Å². The van der Waals surface area contributed by atoms with Gasteiger partial charge in [-0.1, -0.05) is 26.2 Å². The summed E-state index contributed by atoms with van der Waals surface area (Å²) in [6.45, 7) is 2.31. The van der Waals surface area contributed by atoms with Crippen LogP contribution in [0.25, 0.3) is 0 Å². The van der Waals surface area contributed by atoms with Gasteiger partial charge in [-0.2, -0.15) is 0 Å². The minimum atomic E-state index is 0.0190. The maximum absolute atomic E-state index is 9.94. The summed E-state index contributed by atoms with van der Waals surface area (Å²) in [6.07, 6.45) is 9.10. The molecule has 0 spiro atoms. The molecule has 0 aromatic rings. The van der Waals surface area contributed by atoms with Crippen molar-refractivity contribution in [2.45, 2.75) is 58.0 Å². The highest BCUT2D eigenvalue weighted by Gasteiger charge is 2.29. The van der Waals surface area contributed by atoms with Gasteiger partial charge in [-0.3, -0.25) is 0 Å². The van der Waals surface area contributed by atoms with Crippen molar-refractivity contribution in [3.05, 3.63) is 0 Å². The van der Waals surface area contributed by atoms with Crippen LogP contribution in [0.5, 0.6) is 0 Å². The fourth-order valence-electron chi connectivity index (χ4n) is 2.65. The highest BCUT2D eigenvalue weighted by Crippen LogP contribution is 2.38. The van der Waals surface area contributed by atoms with Crippen LogP contribution < -0.4 is 0 Å². The summed E-state index contributed by atoms with van der Waals surface area (Å²) in [5.41, 5.74) is 0. The van der Waals surface area contributed by atoms with E-state index in [2.05, 4.69) is 6.92 Å². The molecule has 2 rings (SSSR count). The fraction of sp³-hybridized carbons (Fsp3) is 1.00. The quantitative estimate of drug-likeness (QED) is 0.708. The van der Waals surface area contributed by atoms with Crippen LogP contribution >= 0.6 is 0 Å². The van der Waals surface area contributed by atoms with Crippen LogP contribution in [-0.2, 0) is 0 Å². The Hall–Kier alpha value is -0.0400. The monoisotopic (exact) mass is 182 g/mol. The molecule has 2 aliphatic carbocycles. The standard InChI is InChI=1S/C12H22O/c1-9-2-6-11(8-9)12(13)7-5-10-3-4-10/h9-13H,2-8H2,1H3. The Bertz CT molecular complexity index is 163. The molecule has 0 heterocycles. The summed E-state index contributed by atoms with van der Waals surface area (Å²) in [7, 11) is 0. The molecule has 0 saturated heterocycles. The van der Waals surface area contributed by atoms with Crippen molar-refractivity contribution in [2.75, 3.05) is 0 Å². The first-order chi connectivity index (χ1) is 6.25. The van der Waals surface area contributed by atoms with Gasteiger partial charge in [-0.05, 0) is 43.4 Å². The third-order valence-electron chi connectivity index (χ3n) is 3.85. The van der Waals surface area contributed by atoms with Gasteiger partial charge in [0, 0.05) is 0 Å². The molecular weight excluding hydrogens is 160 g/mol. The number of hydrogen-bond acceptors (Lipinski definition) is 1. The molecule has 76 valence electrons. The van der Waals surface area contributed by atoms with E-state index >= 15 is 0 Å². The third kappa shape index (κ3) is 2.70. The van der Waals surface area contributed by atoms with Gasteiger partial charge in [-0.15, -0.1) is 0 Å². The molecule has 13 heavy (non-hydrogen) atoms. The molecule has 2 fully saturated rings. The van der Waals surface area contributed by atoms with Crippen LogP contribution in [0.2, 0.25) is 0 Å². The zero-order valence-corrected chi connectivity index (χ0v) is 8.71. The number of aliphatic hydroxyl groups is 1. The molecule has 1 nitrogen and oxygen atoms in total. The Labute approximate surface area is 81.5 Å². The number of aliphatic hydroxyl groups excluding tert-OH is 1. The van der Waals surface area contributed by atoms with Gasteiger partial charge in [-0.25, -0.2) is 0 Å². The molecule has 3 atom stereocenters. The Morgan fingerprint density at radius 3 is 2.54 bits per heavy atom. The molecular formula is C12H22O. The second-order valence-corrected chi connectivity index (χ2v) is 5.27. The summed E-state index contributed by atoms with van der Waals surface area (Å²) in [5.74, 6) is 2.47. The molecule has 0 aromatic carbocycles. The topological polar surface area (TPSA) is 20.2 Å². The average Bonchev–Trinajstić information content (AvgIpc) is 2.84. The summed E-state index contributed by atoms with van der Waals surface area (Å²) < 4.78 is 0. The Morgan fingerprint density at radius 1 is 1.23 bits per heavy atom. The van der Waals surface area contributed by atoms with Crippen LogP contribution in [0, 0.1) is 17.8 Å². The lowest BCUT2D eigenvalue weighted by Crippen LogP contribution is -2.17. The zero-order chi connectivity index (χ0) is 9.26. The van der Waals surface area contributed by atoms with E-state index in [1.165, 1.54) is 38.5 Å². The van der Waals surface area contributed by atoms with Crippen molar-refractivity contribution in [1.29, 1.82) is 0 Å². The van der Waals surface area contributed by atoms with E-state index < -0.39 is 0 Å². The summed E-state index contributed by atoms with van der Waals surface area (Å²) in [4.78, 5) is 0. The molecule has 1 N–H and O–H groups in total. The van der Waals surface area contributed by atoms with Gasteiger partial charge in [0.05, 0.1) is 6.10 Å². The van der Waals surface area contributed by atoms with Crippen molar-refractivity contribution >= 4 is 0 Å². The highest BCUT2D eigenvalue weighted by atomic mass is 16.3. The Balaban J connectivity index is 1.66. The third-order valence-corrected chi connectivity index (χ3v) is 3.85. The van der Waals surface area contributed by atoms with E-state index in [-0.39, 0.29) is 6.10 Å². The van der Waals surface area contributed by atoms with Crippen LogP contribution in [-0.4, -0.2) is 11.2 Å². The fourth-order valence-corrected chi connectivity index (χ4v) is 2.65. The van der Waals surface area contributed by atoms with Gasteiger partial charge in [0.25, 0.3) is 0 Å². The molecule has 2 aliphatic rings. The second-order valence-electron chi connectivity index (χ2n) is 5.27. The van der Waals surface area contributed by atoms with Gasteiger partial charge in [0.15, 0.2) is 0 Å². The average molecular weight is 182 g/mol. The molecule has 0 aliphatic heterocycles. The zero-order valence-electron chi connectivity index (χ0n) is 8.71. The van der Waals surface area contributed by atoms with Gasteiger partial charge < -0.3 is 5.11 Å². The lowest BCUT2D eigenvalue weighted by Gasteiger charge is -2.17. The summed E-state index contributed by atoms with van der Waals surface area (Å²) >= 11 is 0. The van der Waals surface area contributed by atoms with Gasteiger partial charge in [0.2, 0.25) is 0 Å². The molecule has 2 saturated carbocycles. The maximum Gasteiger partial charge on any atom is 0.0568 e. The largest absolute Gasteiger partial charge is 0.393 e. The van der Waals surface area contributed by atoms with E-state index in [1.807, 2.05) is 0 Å². The van der Waals surface area contributed by atoms with E-state index in [0.717, 1.165) is 18.3 Å². The Kier molecular flexibility index (Phi) is 2.92. The smallest absolute Gasteiger partial charge is 0.0568 e. The molecule has 1 heteroatoms. The second kappa shape index (κ2) is 4.00. The highest BCUT2D eigenvalue weighted by molar-refractivity contribution is 4.81. The SMILES string of the molecule is CC1CCC(C(O)CCC2CC2)C1. The molecule has 0 amide bonds. The predicted octanol–water partition coefficient (Wildman–Crippen LogP) is 2.97. The molecule has 0 aromatic heterocycles. The van der Waals surface area contributed by atoms with E-state index in [1.54, 1.807) is 0 Å². The van der Waals surface area contributed by atoms with Crippen molar-refractivity contribution in [3.8, 4) is 0 Å². The molecule has 0 bridgehead atoms. The minimum absolute atomic E-state index is 0.0190. The first kappa shape index (κ1) is 9.51. The van der Waals surface area contributed by atoms with Crippen molar-refractivity contribution in [3.63, 3.8) is 0 Å². The maximum atomic E-state index is 9.94. The normalized spacial score (nSPS) is 36.5. The Morgan fingerprint density at radius 2 is 2.00 bits per heavy atom. The first-order valence-electron chi connectivity index (χ1n) is 5.93. The number of hydrogen-bond donors (Lipinski definition) is 1. The first-order valence-corrected chi connectivity index (χ1v) is 5.93. The van der Waals surface area contributed by atoms with Crippen molar-refractivity contribution < 1.29 is 5.11 Å². The van der Waals surface area contributed by atoms with Crippen LogP contribution in [0.4, 0.5) is 0 Å². The molecule has 0 radical (unpaired) electrons. The number of rotatable bonds is 4. The summed E-state index contributed by atoms with van der Waals surface area (Å²) in [5, 5.41) is 9.94. The van der Waals surface area contributed by atoms with Gasteiger partial charge >= 0.3 is 0 Å². The summed E-state index contributed by atoms with van der Waals surface area (Å²) in [6, 6.07) is 0. The minimum Gasteiger partial charge on any atom is -0.393 e. The van der Waals surface area contributed by atoms with Crippen LogP contribution in [0.15, 0.2) is 0 Å². The molecule has 3 unspecified atom stereocenters.